The summed E-state index contributed by atoms with van der Waals surface area (Å²) in [5.74, 6) is 0.544. The second-order valence-corrected chi connectivity index (χ2v) is 9.11. The number of amides is 1. The average Bonchev–Trinajstić information content (AvgIpc) is 3.33. The molecule has 0 aliphatic carbocycles. The lowest BCUT2D eigenvalue weighted by Gasteiger charge is -2.09. The molecule has 0 saturated heterocycles. The molecule has 0 atom stereocenters. The molecule has 7 heteroatoms. The van der Waals surface area contributed by atoms with Crippen molar-refractivity contribution in [3.63, 3.8) is 0 Å². The molecule has 1 aromatic heterocycles. The molecule has 33 heavy (non-hydrogen) atoms. The minimum atomic E-state index is -0.0215. The van der Waals surface area contributed by atoms with Gasteiger partial charge in [0.05, 0.1) is 17.3 Å². The third kappa shape index (κ3) is 6.57. The topological polar surface area (TPSA) is 51.2 Å². The lowest BCUT2D eigenvalue weighted by Crippen LogP contribution is -2.23. The van der Waals surface area contributed by atoms with Gasteiger partial charge in [-0.3, -0.25) is 4.79 Å². The Morgan fingerprint density at radius 1 is 0.970 bits per heavy atom. The van der Waals surface area contributed by atoms with Gasteiger partial charge in [0.2, 0.25) is 5.91 Å². The van der Waals surface area contributed by atoms with Crippen LogP contribution < -0.4 is 10.1 Å². The Labute approximate surface area is 207 Å². The van der Waals surface area contributed by atoms with Crippen molar-refractivity contribution in [2.45, 2.75) is 19.4 Å². The van der Waals surface area contributed by atoms with E-state index in [0.29, 0.717) is 41.8 Å². The van der Waals surface area contributed by atoms with Crippen molar-refractivity contribution in [1.29, 1.82) is 0 Å². The third-order valence-corrected chi connectivity index (χ3v) is 6.36. The predicted octanol–water partition coefficient (Wildman–Crippen LogP) is 7.26. The van der Waals surface area contributed by atoms with Gasteiger partial charge in [-0.15, -0.1) is 11.3 Å². The number of benzene rings is 3. The van der Waals surface area contributed by atoms with Crippen LogP contribution in [0.5, 0.6) is 5.75 Å². The quantitative estimate of drug-likeness (QED) is 0.248. The van der Waals surface area contributed by atoms with Gasteiger partial charge in [0.25, 0.3) is 0 Å². The standard InChI is InChI=1S/C26H22Cl2N2O2S/c27-21-11-12-24(22(28)15-21)32-13-5-10-25(31)29-16-18-6-4-9-20(14-18)26-30-23(17-33-26)19-7-2-1-3-8-19/h1-4,6-9,11-12,14-15,17H,5,10,13,16H2,(H,29,31). The number of nitrogens with one attached hydrogen (secondary N) is 1. The first-order chi connectivity index (χ1) is 16.1. The summed E-state index contributed by atoms with van der Waals surface area (Å²) >= 11 is 13.6. The van der Waals surface area contributed by atoms with Crippen LogP contribution in [-0.4, -0.2) is 17.5 Å². The van der Waals surface area contributed by atoms with Crippen LogP contribution in [0.2, 0.25) is 10.0 Å². The van der Waals surface area contributed by atoms with Crippen LogP contribution in [-0.2, 0) is 11.3 Å². The highest BCUT2D eigenvalue weighted by atomic mass is 35.5. The van der Waals surface area contributed by atoms with Crippen molar-refractivity contribution >= 4 is 40.4 Å². The molecule has 168 valence electrons. The SMILES string of the molecule is O=C(CCCOc1ccc(Cl)cc1Cl)NCc1cccc(-c2nc(-c3ccccc3)cs2)c1. The fourth-order valence-corrected chi connectivity index (χ4v) is 4.55. The molecule has 4 nitrogen and oxygen atoms in total. The van der Waals surface area contributed by atoms with Gasteiger partial charge in [0.15, 0.2) is 0 Å². The molecule has 1 amide bonds. The Bertz CT molecular complexity index is 1230. The first-order valence-electron chi connectivity index (χ1n) is 10.5. The monoisotopic (exact) mass is 496 g/mol. The minimum Gasteiger partial charge on any atom is -0.492 e. The van der Waals surface area contributed by atoms with Crippen molar-refractivity contribution in [2.24, 2.45) is 0 Å². The lowest BCUT2D eigenvalue weighted by molar-refractivity contribution is -0.121. The number of hydrogen-bond donors (Lipinski definition) is 1. The largest absolute Gasteiger partial charge is 0.492 e. The number of hydrogen-bond acceptors (Lipinski definition) is 4. The van der Waals surface area contributed by atoms with Gasteiger partial charge in [-0.05, 0) is 36.2 Å². The number of carbonyl (C=O) groups excluding carboxylic acids is 1. The number of ether oxygens (including phenoxy) is 1. The smallest absolute Gasteiger partial charge is 0.220 e. The van der Waals surface area contributed by atoms with E-state index in [2.05, 4.69) is 28.9 Å². The zero-order valence-corrected chi connectivity index (χ0v) is 20.1. The van der Waals surface area contributed by atoms with Crippen LogP contribution in [0.3, 0.4) is 0 Å². The van der Waals surface area contributed by atoms with Crippen molar-refractivity contribution in [3.05, 3.63) is 93.8 Å². The second-order valence-electron chi connectivity index (χ2n) is 7.41. The van der Waals surface area contributed by atoms with E-state index in [-0.39, 0.29) is 5.91 Å². The Balaban J connectivity index is 1.26. The Morgan fingerprint density at radius 3 is 2.61 bits per heavy atom. The number of carbonyl (C=O) groups is 1. The molecule has 3 aromatic carbocycles. The van der Waals surface area contributed by atoms with Gasteiger partial charge in [-0.1, -0.05) is 71.7 Å². The summed E-state index contributed by atoms with van der Waals surface area (Å²) in [5, 5.41) is 7.02. The predicted molar refractivity (Wildman–Crippen MR) is 136 cm³/mol. The molecular formula is C26H22Cl2N2O2S. The van der Waals surface area contributed by atoms with E-state index in [9.17, 15) is 4.79 Å². The fourth-order valence-electron chi connectivity index (χ4n) is 3.26. The van der Waals surface area contributed by atoms with Crippen LogP contribution >= 0.6 is 34.5 Å². The molecule has 0 aliphatic heterocycles. The first-order valence-corrected chi connectivity index (χ1v) is 12.2. The highest BCUT2D eigenvalue weighted by Gasteiger charge is 2.08. The van der Waals surface area contributed by atoms with E-state index in [1.165, 1.54) is 0 Å². The van der Waals surface area contributed by atoms with Gasteiger partial charge in [0.1, 0.15) is 10.8 Å². The maximum absolute atomic E-state index is 12.2. The normalized spacial score (nSPS) is 10.7. The maximum Gasteiger partial charge on any atom is 0.220 e. The van der Waals surface area contributed by atoms with Gasteiger partial charge in [-0.25, -0.2) is 4.98 Å². The van der Waals surface area contributed by atoms with E-state index in [1.807, 2.05) is 36.4 Å². The Morgan fingerprint density at radius 2 is 1.79 bits per heavy atom. The highest BCUT2D eigenvalue weighted by Crippen LogP contribution is 2.29. The zero-order chi connectivity index (χ0) is 23.0. The summed E-state index contributed by atoms with van der Waals surface area (Å²) < 4.78 is 5.63. The van der Waals surface area contributed by atoms with Gasteiger partial charge in [-0.2, -0.15) is 0 Å². The fraction of sp³-hybridized carbons (Fsp3) is 0.154. The number of aromatic nitrogens is 1. The summed E-state index contributed by atoms with van der Waals surface area (Å²) in [6.07, 6.45) is 0.962. The molecule has 0 radical (unpaired) electrons. The summed E-state index contributed by atoms with van der Waals surface area (Å²) in [5.41, 5.74) is 4.14. The summed E-state index contributed by atoms with van der Waals surface area (Å²) in [6, 6.07) is 23.3. The van der Waals surface area contributed by atoms with Gasteiger partial charge < -0.3 is 10.1 Å². The maximum atomic E-state index is 12.2. The second kappa shape index (κ2) is 11.3. The van der Waals surface area contributed by atoms with Gasteiger partial charge >= 0.3 is 0 Å². The van der Waals surface area contributed by atoms with Crippen molar-refractivity contribution in [3.8, 4) is 27.6 Å². The Kier molecular flexibility index (Phi) is 8.00. The van der Waals surface area contributed by atoms with E-state index in [4.69, 9.17) is 32.9 Å². The zero-order valence-electron chi connectivity index (χ0n) is 17.8. The number of nitrogens with zero attached hydrogens (tertiary/aromatic N) is 1. The molecule has 0 fully saturated rings. The lowest BCUT2D eigenvalue weighted by atomic mass is 10.1. The van der Waals surface area contributed by atoms with Crippen molar-refractivity contribution in [1.82, 2.24) is 10.3 Å². The van der Waals surface area contributed by atoms with E-state index < -0.39 is 0 Å². The van der Waals surface area contributed by atoms with Crippen LogP contribution in [0.1, 0.15) is 18.4 Å². The molecule has 1 heterocycles. The molecule has 4 rings (SSSR count). The van der Waals surface area contributed by atoms with Gasteiger partial charge in [0, 0.05) is 34.5 Å². The molecule has 0 saturated carbocycles. The van der Waals surface area contributed by atoms with E-state index in [1.54, 1.807) is 29.5 Å². The summed E-state index contributed by atoms with van der Waals surface area (Å²) in [6.45, 7) is 0.867. The molecule has 0 bridgehead atoms. The first kappa shape index (κ1) is 23.3. The molecular weight excluding hydrogens is 475 g/mol. The van der Waals surface area contributed by atoms with Crippen LogP contribution in [0.15, 0.2) is 78.2 Å². The van der Waals surface area contributed by atoms with Crippen molar-refractivity contribution < 1.29 is 9.53 Å². The number of halogens is 2. The molecule has 1 N–H and O–H groups in total. The molecule has 4 aromatic rings. The van der Waals surface area contributed by atoms with Crippen LogP contribution in [0, 0.1) is 0 Å². The number of rotatable bonds is 9. The van der Waals surface area contributed by atoms with E-state index in [0.717, 1.165) is 27.4 Å². The third-order valence-electron chi connectivity index (χ3n) is 4.94. The molecule has 0 unspecified atom stereocenters. The summed E-state index contributed by atoms with van der Waals surface area (Å²) in [4.78, 5) is 17.0. The van der Waals surface area contributed by atoms with Crippen LogP contribution in [0.4, 0.5) is 0 Å². The summed E-state index contributed by atoms with van der Waals surface area (Å²) in [7, 11) is 0. The molecule has 0 spiro atoms. The van der Waals surface area contributed by atoms with E-state index >= 15 is 0 Å². The van der Waals surface area contributed by atoms with Crippen molar-refractivity contribution in [2.75, 3.05) is 6.61 Å². The minimum absolute atomic E-state index is 0.0215. The highest BCUT2D eigenvalue weighted by molar-refractivity contribution is 7.13. The molecule has 0 aliphatic rings. The number of thiazole rings is 1. The average molecular weight is 497 g/mol. The Hall–Kier alpha value is -2.86. The van der Waals surface area contributed by atoms with Crippen LogP contribution in [0.25, 0.3) is 21.8 Å².